The molecular weight excluding hydrogens is 473 g/mol. The van der Waals surface area contributed by atoms with Crippen molar-refractivity contribution >= 4 is 9.84 Å². The van der Waals surface area contributed by atoms with E-state index in [9.17, 15) is 31.5 Å². The Bertz CT molecular complexity index is 1510. The van der Waals surface area contributed by atoms with Gasteiger partial charge in [0, 0.05) is 12.4 Å². The van der Waals surface area contributed by atoms with Crippen molar-refractivity contribution < 1.29 is 26.7 Å². The molecule has 3 aromatic heterocycles. The predicted octanol–water partition coefficient (Wildman–Crippen LogP) is 3.45. The van der Waals surface area contributed by atoms with Gasteiger partial charge in [-0.15, -0.1) is 0 Å². The molecule has 4 aromatic rings. The molecule has 1 N–H and O–H groups in total. The van der Waals surface area contributed by atoms with Crippen LogP contribution in [-0.2, 0) is 16.4 Å². The van der Waals surface area contributed by atoms with Gasteiger partial charge < -0.3 is 5.11 Å². The molecule has 0 aliphatic rings. The van der Waals surface area contributed by atoms with Crippen molar-refractivity contribution in [1.82, 2.24) is 19.1 Å². The first kappa shape index (κ1) is 23.2. The van der Waals surface area contributed by atoms with Crippen LogP contribution in [0.4, 0.5) is 13.2 Å². The van der Waals surface area contributed by atoms with Crippen LogP contribution in [0.15, 0.2) is 76.7 Å². The maximum Gasteiger partial charge on any atom is 0.501 e. The summed E-state index contributed by atoms with van der Waals surface area (Å²) in [7, 11) is -5.53. The van der Waals surface area contributed by atoms with E-state index in [0.717, 1.165) is 28.8 Å². The van der Waals surface area contributed by atoms with E-state index in [1.165, 1.54) is 11.5 Å². The highest BCUT2D eigenvalue weighted by Gasteiger charge is 2.46. The monoisotopic (exact) mass is 490 g/mol. The van der Waals surface area contributed by atoms with E-state index in [0.29, 0.717) is 17.0 Å². The fraction of sp³-hybridized carbons (Fsp3) is 0.136. The van der Waals surface area contributed by atoms with Crippen LogP contribution >= 0.6 is 0 Å². The lowest BCUT2D eigenvalue weighted by molar-refractivity contribution is -0.0436. The molecule has 0 bridgehead atoms. The first-order valence-corrected chi connectivity index (χ1v) is 11.3. The molecule has 0 radical (unpaired) electrons. The first-order valence-electron chi connectivity index (χ1n) is 9.80. The van der Waals surface area contributed by atoms with Gasteiger partial charge in [0.1, 0.15) is 0 Å². The molecule has 0 atom stereocenters. The van der Waals surface area contributed by atoms with Crippen LogP contribution in [0.1, 0.15) is 11.3 Å². The van der Waals surface area contributed by atoms with Gasteiger partial charge in [-0.05, 0) is 61.0 Å². The molecule has 176 valence electrons. The third-order valence-corrected chi connectivity index (χ3v) is 6.67. The Morgan fingerprint density at radius 1 is 0.971 bits per heavy atom. The maximum atomic E-state index is 13.1. The number of pyridine rings is 2. The SMILES string of the molecule is Cc1c(O)n(-c2ccc(S(=O)(=O)C(F)(F)F)cc2)c(=O)n1Cc1ccnc(-c2ccccn2)c1. The van der Waals surface area contributed by atoms with Crippen molar-refractivity contribution in [3.63, 3.8) is 0 Å². The van der Waals surface area contributed by atoms with Gasteiger partial charge in [0.2, 0.25) is 5.88 Å². The molecule has 3 heterocycles. The Kier molecular flexibility index (Phi) is 5.77. The van der Waals surface area contributed by atoms with Crippen molar-refractivity contribution in [1.29, 1.82) is 0 Å². The molecule has 0 saturated heterocycles. The topological polar surface area (TPSA) is 107 Å². The molecule has 0 aliphatic heterocycles. The van der Waals surface area contributed by atoms with E-state index in [2.05, 4.69) is 9.97 Å². The molecule has 0 amide bonds. The van der Waals surface area contributed by atoms with Gasteiger partial charge in [0.25, 0.3) is 9.84 Å². The molecule has 0 spiro atoms. The predicted molar refractivity (Wildman–Crippen MR) is 116 cm³/mol. The van der Waals surface area contributed by atoms with Crippen molar-refractivity contribution in [3.8, 4) is 23.0 Å². The zero-order valence-corrected chi connectivity index (χ0v) is 18.4. The van der Waals surface area contributed by atoms with Gasteiger partial charge in [-0.3, -0.25) is 14.5 Å². The number of hydrogen-bond donors (Lipinski definition) is 1. The molecule has 0 aliphatic carbocycles. The number of aromatic nitrogens is 4. The zero-order chi connectivity index (χ0) is 24.7. The van der Waals surface area contributed by atoms with Gasteiger partial charge in [-0.1, -0.05) is 6.07 Å². The summed E-state index contributed by atoms with van der Waals surface area (Å²) in [6, 6.07) is 12.3. The van der Waals surface area contributed by atoms with Crippen LogP contribution < -0.4 is 5.69 Å². The number of imidazole rings is 1. The number of nitrogens with zero attached hydrogens (tertiary/aromatic N) is 4. The summed E-state index contributed by atoms with van der Waals surface area (Å²) in [5, 5.41) is 10.5. The zero-order valence-electron chi connectivity index (χ0n) is 17.6. The van der Waals surface area contributed by atoms with Gasteiger partial charge in [0.15, 0.2) is 0 Å². The van der Waals surface area contributed by atoms with Crippen molar-refractivity contribution in [3.05, 3.63) is 88.7 Å². The molecule has 0 unspecified atom stereocenters. The quantitative estimate of drug-likeness (QED) is 0.459. The third-order valence-electron chi connectivity index (χ3n) is 5.16. The average Bonchev–Trinajstić information content (AvgIpc) is 3.02. The molecule has 8 nitrogen and oxygen atoms in total. The third kappa shape index (κ3) is 4.07. The van der Waals surface area contributed by atoms with Crippen LogP contribution in [0.2, 0.25) is 0 Å². The minimum Gasteiger partial charge on any atom is -0.493 e. The second-order valence-electron chi connectivity index (χ2n) is 7.32. The Hall–Kier alpha value is -3.93. The highest BCUT2D eigenvalue weighted by Crippen LogP contribution is 2.31. The van der Waals surface area contributed by atoms with E-state index in [4.69, 9.17) is 0 Å². The fourth-order valence-corrected chi connectivity index (χ4v) is 4.14. The van der Waals surface area contributed by atoms with Gasteiger partial charge >= 0.3 is 11.2 Å². The minimum absolute atomic E-state index is 0.00868. The fourth-order valence-electron chi connectivity index (χ4n) is 3.37. The lowest BCUT2D eigenvalue weighted by Gasteiger charge is -2.09. The first-order chi connectivity index (χ1) is 16.0. The minimum atomic E-state index is -5.53. The van der Waals surface area contributed by atoms with Crippen LogP contribution in [0.25, 0.3) is 17.1 Å². The summed E-state index contributed by atoms with van der Waals surface area (Å²) in [5.74, 6) is -0.421. The molecule has 0 saturated carbocycles. The Balaban J connectivity index is 1.69. The lowest BCUT2D eigenvalue weighted by Crippen LogP contribution is -2.25. The van der Waals surface area contributed by atoms with E-state index in [1.807, 2.05) is 6.07 Å². The van der Waals surface area contributed by atoms with Crippen LogP contribution in [0, 0.1) is 6.92 Å². The van der Waals surface area contributed by atoms with Gasteiger partial charge in [0.05, 0.1) is 34.2 Å². The maximum absolute atomic E-state index is 13.1. The number of halogens is 3. The average molecular weight is 490 g/mol. The molecule has 4 rings (SSSR count). The van der Waals surface area contributed by atoms with E-state index in [-0.39, 0.29) is 17.9 Å². The smallest absolute Gasteiger partial charge is 0.493 e. The number of hydrogen-bond acceptors (Lipinski definition) is 6. The number of alkyl halides is 3. The number of sulfone groups is 1. The highest BCUT2D eigenvalue weighted by atomic mass is 32.2. The van der Waals surface area contributed by atoms with Gasteiger partial charge in [-0.2, -0.15) is 13.2 Å². The van der Waals surface area contributed by atoms with Crippen LogP contribution in [-0.4, -0.2) is 38.1 Å². The summed E-state index contributed by atoms with van der Waals surface area (Å²) < 4.78 is 63.6. The summed E-state index contributed by atoms with van der Waals surface area (Å²) in [5.41, 5.74) is -3.95. The standard InChI is InChI=1S/C22H17F3N4O4S/c1-14-20(30)29(16-5-7-17(8-6-16)34(32,33)22(23,24)25)21(31)28(14)13-15-9-11-27-19(12-15)18-4-2-3-10-26-18/h2-12,30H,13H2,1H3. The second kappa shape index (κ2) is 8.45. The van der Waals surface area contributed by atoms with E-state index < -0.39 is 31.8 Å². The molecule has 1 aromatic carbocycles. The van der Waals surface area contributed by atoms with Crippen LogP contribution in [0.3, 0.4) is 0 Å². The van der Waals surface area contributed by atoms with Crippen molar-refractivity contribution in [2.24, 2.45) is 0 Å². The Morgan fingerprint density at radius 3 is 2.26 bits per heavy atom. The normalized spacial score (nSPS) is 12.1. The highest BCUT2D eigenvalue weighted by molar-refractivity contribution is 7.92. The second-order valence-corrected chi connectivity index (χ2v) is 9.26. The van der Waals surface area contributed by atoms with E-state index in [1.54, 1.807) is 36.7 Å². The van der Waals surface area contributed by atoms with E-state index >= 15 is 0 Å². The van der Waals surface area contributed by atoms with Crippen LogP contribution in [0.5, 0.6) is 5.88 Å². The largest absolute Gasteiger partial charge is 0.501 e. The molecule has 0 fully saturated rings. The summed E-state index contributed by atoms with van der Waals surface area (Å²) in [4.78, 5) is 20.6. The summed E-state index contributed by atoms with van der Waals surface area (Å²) >= 11 is 0. The molecular formula is C22H17F3N4O4S. The molecule has 12 heteroatoms. The molecule has 34 heavy (non-hydrogen) atoms. The van der Waals surface area contributed by atoms with Crippen molar-refractivity contribution in [2.45, 2.75) is 23.9 Å². The number of rotatable bonds is 5. The Morgan fingerprint density at radius 2 is 1.65 bits per heavy atom. The summed E-state index contributed by atoms with van der Waals surface area (Å²) in [6.07, 6.45) is 3.19. The lowest BCUT2D eigenvalue weighted by atomic mass is 10.2. The Labute approximate surface area is 191 Å². The van der Waals surface area contributed by atoms with Gasteiger partial charge in [-0.25, -0.2) is 17.8 Å². The number of aromatic hydroxyl groups is 1. The summed E-state index contributed by atoms with van der Waals surface area (Å²) in [6.45, 7) is 1.59. The van der Waals surface area contributed by atoms with Crippen molar-refractivity contribution in [2.75, 3.05) is 0 Å². The number of benzene rings is 1.